The number of carbonyl (C=O) groups is 1. The maximum atomic E-state index is 10.4. The molecule has 0 spiro atoms. The van der Waals surface area contributed by atoms with Gasteiger partial charge in [-0.1, -0.05) is 15.9 Å². The van der Waals surface area contributed by atoms with Crippen molar-refractivity contribution in [1.29, 1.82) is 0 Å². The highest BCUT2D eigenvalue weighted by Gasteiger charge is 2.02. The van der Waals surface area contributed by atoms with Gasteiger partial charge >= 0.3 is 0 Å². The van der Waals surface area contributed by atoms with Crippen molar-refractivity contribution >= 4 is 43.8 Å². The molecule has 0 radical (unpaired) electrons. The molecule has 1 rings (SSSR count). The zero-order valence-electron chi connectivity index (χ0n) is 5.47. The third kappa shape index (κ3) is 1.81. The maximum Gasteiger partial charge on any atom is 0.152 e. The van der Waals surface area contributed by atoms with Gasteiger partial charge in [-0.05, 0) is 28.1 Å². The second-order valence-electron chi connectivity index (χ2n) is 2.01. The molecule has 2 nitrogen and oxygen atoms in total. The molecule has 0 atom stereocenters. The number of halogens is 2. The number of nitrogen functional groups attached to an aromatic ring is 1. The van der Waals surface area contributed by atoms with E-state index in [0.29, 0.717) is 11.3 Å². The Bertz CT molecular complexity index is 299. The van der Waals surface area contributed by atoms with E-state index in [1.54, 1.807) is 12.1 Å². The molecule has 58 valence electrons. The van der Waals surface area contributed by atoms with Gasteiger partial charge in [0.15, 0.2) is 6.29 Å². The van der Waals surface area contributed by atoms with Crippen LogP contribution in [-0.2, 0) is 0 Å². The number of benzene rings is 1. The smallest absolute Gasteiger partial charge is 0.152 e. The minimum atomic E-state index is 0.475. The maximum absolute atomic E-state index is 10.4. The zero-order valence-corrected chi connectivity index (χ0v) is 8.65. The van der Waals surface area contributed by atoms with Crippen LogP contribution in [0, 0.1) is 0 Å². The van der Waals surface area contributed by atoms with Crippen molar-refractivity contribution in [3.63, 3.8) is 0 Å². The lowest BCUT2D eigenvalue weighted by atomic mass is 10.2. The summed E-state index contributed by atoms with van der Waals surface area (Å²) < 4.78 is 1.56. The molecule has 0 aromatic heterocycles. The molecular weight excluding hydrogens is 274 g/mol. The molecule has 1 aromatic rings. The van der Waals surface area contributed by atoms with Gasteiger partial charge < -0.3 is 5.73 Å². The Balaban J connectivity index is 3.35. The Labute approximate surface area is 81.0 Å². The topological polar surface area (TPSA) is 43.1 Å². The van der Waals surface area contributed by atoms with Crippen molar-refractivity contribution in [2.24, 2.45) is 0 Å². The molecule has 0 amide bonds. The minimum absolute atomic E-state index is 0.475. The quantitative estimate of drug-likeness (QED) is 0.634. The van der Waals surface area contributed by atoms with E-state index >= 15 is 0 Å². The fraction of sp³-hybridized carbons (Fsp3) is 0. The van der Waals surface area contributed by atoms with E-state index in [2.05, 4.69) is 31.9 Å². The number of aldehydes is 1. The first-order valence-corrected chi connectivity index (χ1v) is 4.43. The van der Waals surface area contributed by atoms with Crippen molar-refractivity contribution in [3.05, 3.63) is 26.6 Å². The minimum Gasteiger partial charge on any atom is -0.397 e. The Morgan fingerprint density at radius 2 is 2.00 bits per heavy atom. The largest absolute Gasteiger partial charge is 0.397 e. The first kappa shape index (κ1) is 8.74. The molecule has 1 aromatic carbocycles. The normalized spacial score (nSPS) is 9.64. The second kappa shape index (κ2) is 3.36. The van der Waals surface area contributed by atoms with Gasteiger partial charge in [0, 0.05) is 14.5 Å². The van der Waals surface area contributed by atoms with Gasteiger partial charge in [0.1, 0.15) is 0 Å². The third-order valence-electron chi connectivity index (χ3n) is 1.25. The third-order valence-corrected chi connectivity index (χ3v) is 2.37. The molecule has 0 saturated heterocycles. The lowest BCUT2D eigenvalue weighted by Crippen LogP contribution is -1.93. The van der Waals surface area contributed by atoms with E-state index in [1.165, 1.54) is 0 Å². The summed E-state index contributed by atoms with van der Waals surface area (Å²) in [6, 6.07) is 3.47. The molecule has 4 heteroatoms. The highest BCUT2D eigenvalue weighted by molar-refractivity contribution is 9.11. The van der Waals surface area contributed by atoms with Crippen LogP contribution in [0.1, 0.15) is 10.4 Å². The molecule has 0 aliphatic carbocycles. The molecule has 0 heterocycles. The number of hydrogen-bond acceptors (Lipinski definition) is 2. The van der Waals surface area contributed by atoms with Crippen LogP contribution in [0.2, 0.25) is 0 Å². The van der Waals surface area contributed by atoms with E-state index in [-0.39, 0.29) is 0 Å². The molecular formula is C7H5Br2NO. The van der Waals surface area contributed by atoms with Gasteiger partial charge in [0.25, 0.3) is 0 Å². The summed E-state index contributed by atoms with van der Waals surface area (Å²) in [5.74, 6) is 0. The summed E-state index contributed by atoms with van der Waals surface area (Å²) in [4.78, 5) is 10.4. The standard InChI is InChI=1S/C7H5Br2NO/c8-5-1-4(3-11)7(10)6(9)2-5/h1-3H,10H2. The van der Waals surface area contributed by atoms with E-state index in [4.69, 9.17) is 5.73 Å². The van der Waals surface area contributed by atoms with Crippen LogP contribution in [-0.4, -0.2) is 6.29 Å². The van der Waals surface area contributed by atoms with E-state index in [0.717, 1.165) is 15.2 Å². The molecule has 2 N–H and O–H groups in total. The summed E-state index contributed by atoms with van der Waals surface area (Å²) >= 11 is 6.47. The predicted octanol–water partition coefficient (Wildman–Crippen LogP) is 2.61. The van der Waals surface area contributed by atoms with Crippen LogP contribution in [0.15, 0.2) is 21.1 Å². The summed E-state index contributed by atoms with van der Waals surface area (Å²) in [6.45, 7) is 0. The first-order chi connectivity index (χ1) is 5.15. The van der Waals surface area contributed by atoms with Crippen molar-refractivity contribution in [3.8, 4) is 0 Å². The number of nitrogens with two attached hydrogens (primary N) is 1. The van der Waals surface area contributed by atoms with E-state index < -0.39 is 0 Å². The molecule has 0 fully saturated rings. The Morgan fingerprint density at radius 1 is 1.36 bits per heavy atom. The Morgan fingerprint density at radius 3 is 2.55 bits per heavy atom. The lowest BCUT2D eigenvalue weighted by Gasteiger charge is -2.01. The molecule has 0 aliphatic rings. The highest BCUT2D eigenvalue weighted by Crippen LogP contribution is 2.26. The highest BCUT2D eigenvalue weighted by atomic mass is 79.9. The summed E-state index contributed by atoms with van der Waals surface area (Å²) in [5, 5.41) is 0. The van der Waals surface area contributed by atoms with Crippen LogP contribution in [0.5, 0.6) is 0 Å². The Hall–Kier alpha value is -0.350. The van der Waals surface area contributed by atoms with Crippen molar-refractivity contribution in [2.45, 2.75) is 0 Å². The molecule has 0 unspecified atom stereocenters. The fourth-order valence-electron chi connectivity index (χ4n) is 0.702. The van der Waals surface area contributed by atoms with Crippen LogP contribution >= 0.6 is 31.9 Å². The average Bonchev–Trinajstić information content (AvgIpc) is 1.96. The van der Waals surface area contributed by atoms with Crippen LogP contribution in [0.25, 0.3) is 0 Å². The summed E-state index contributed by atoms with van der Waals surface area (Å²) in [7, 11) is 0. The predicted molar refractivity (Wildman–Crippen MR) is 51.6 cm³/mol. The van der Waals surface area contributed by atoms with Gasteiger partial charge in [0.2, 0.25) is 0 Å². The van der Waals surface area contributed by atoms with Crippen LogP contribution < -0.4 is 5.73 Å². The first-order valence-electron chi connectivity index (χ1n) is 2.85. The van der Waals surface area contributed by atoms with E-state index in [1.807, 2.05) is 0 Å². The molecule has 0 saturated carbocycles. The summed E-state index contributed by atoms with van der Waals surface area (Å²) in [6.07, 6.45) is 0.727. The van der Waals surface area contributed by atoms with Crippen molar-refractivity contribution < 1.29 is 4.79 Å². The van der Waals surface area contributed by atoms with Crippen LogP contribution in [0.3, 0.4) is 0 Å². The van der Waals surface area contributed by atoms with Gasteiger partial charge in [0.05, 0.1) is 5.69 Å². The van der Waals surface area contributed by atoms with Gasteiger partial charge in [-0.25, -0.2) is 0 Å². The van der Waals surface area contributed by atoms with Gasteiger partial charge in [-0.3, -0.25) is 4.79 Å². The second-order valence-corrected chi connectivity index (χ2v) is 3.78. The monoisotopic (exact) mass is 277 g/mol. The van der Waals surface area contributed by atoms with Gasteiger partial charge in [-0.15, -0.1) is 0 Å². The average molecular weight is 279 g/mol. The fourth-order valence-corrected chi connectivity index (χ4v) is 1.96. The van der Waals surface area contributed by atoms with Gasteiger partial charge in [-0.2, -0.15) is 0 Å². The number of rotatable bonds is 1. The zero-order chi connectivity index (χ0) is 8.43. The number of carbonyl (C=O) groups excluding carboxylic acids is 1. The molecule has 0 aliphatic heterocycles. The van der Waals surface area contributed by atoms with Crippen LogP contribution in [0.4, 0.5) is 5.69 Å². The SMILES string of the molecule is Nc1c(Br)cc(Br)cc1C=O. The summed E-state index contributed by atoms with van der Waals surface area (Å²) in [5.41, 5.74) is 6.53. The number of hydrogen-bond donors (Lipinski definition) is 1. The lowest BCUT2D eigenvalue weighted by molar-refractivity contribution is 0.112. The van der Waals surface area contributed by atoms with E-state index in [9.17, 15) is 4.79 Å². The number of anilines is 1. The molecule has 11 heavy (non-hydrogen) atoms. The van der Waals surface area contributed by atoms with Crippen molar-refractivity contribution in [1.82, 2.24) is 0 Å². The Kier molecular flexibility index (Phi) is 2.67. The van der Waals surface area contributed by atoms with Crippen molar-refractivity contribution in [2.75, 3.05) is 5.73 Å². The molecule has 0 bridgehead atoms.